The third kappa shape index (κ3) is 7.49. The number of carbonyl (C=O) groups is 1. The van der Waals surface area contributed by atoms with Crippen LogP contribution in [0.4, 0.5) is 0 Å². The molecule has 0 saturated carbocycles. The van der Waals surface area contributed by atoms with Crippen LogP contribution in [0.2, 0.25) is 0 Å². The quantitative estimate of drug-likeness (QED) is 0.565. The molecule has 142 valence electrons. The van der Waals surface area contributed by atoms with Gasteiger partial charge >= 0.3 is 5.97 Å². The molecular weight excluding hydrogens is 306 g/mol. The molecule has 1 saturated heterocycles. The summed E-state index contributed by atoms with van der Waals surface area (Å²) in [4.78, 5) is 13.6. The number of carbonyl (C=O) groups excluding carboxylic acids is 1. The van der Waals surface area contributed by atoms with Crippen LogP contribution >= 0.6 is 0 Å². The predicted molar refractivity (Wildman–Crippen MR) is 95.9 cm³/mol. The largest absolute Gasteiger partial charge is 0.462 e. The lowest BCUT2D eigenvalue weighted by atomic mass is 10.0. The molecule has 0 spiro atoms. The summed E-state index contributed by atoms with van der Waals surface area (Å²) in [6.07, 6.45) is 6.55. The Morgan fingerprint density at radius 3 is 2.50 bits per heavy atom. The van der Waals surface area contributed by atoms with Crippen LogP contribution in [-0.4, -0.2) is 55.6 Å². The molecule has 5 nitrogen and oxygen atoms in total. The van der Waals surface area contributed by atoms with Crippen LogP contribution in [0.3, 0.4) is 0 Å². The lowest BCUT2D eigenvalue weighted by molar-refractivity contribution is -0.222. The summed E-state index contributed by atoms with van der Waals surface area (Å²) >= 11 is 0. The van der Waals surface area contributed by atoms with Gasteiger partial charge in [0.1, 0.15) is 6.10 Å². The molecule has 1 aliphatic heterocycles. The van der Waals surface area contributed by atoms with Gasteiger partial charge in [-0.05, 0) is 66.5 Å². The molecule has 5 heteroatoms. The Morgan fingerprint density at radius 2 is 1.96 bits per heavy atom. The predicted octanol–water partition coefficient (Wildman–Crippen LogP) is 3.75. The highest BCUT2D eigenvalue weighted by Gasteiger charge is 2.30. The summed E-state index contributed by atoms with van der Waals surface area (Å²) in [5.41, 5.74) is 0. The van der Waals surface area contributed by atoms with E-state index in [1.54, 1.807) is 0 Å². The van der Waals surface area contributed by atoms with Crippen molar-refractivity contribution in [2.24, 2.45) is 0 Å². The second-order valence-corrected chi connectivity index (χ2v) is 7.13. The Morgan fingerprint density at radius 1 is 1.25 bits per heavy atom. The molecule has 1 aliphatic rings. The standard InChI is InChI=1S/C19H37NO4/c1-7-16(24-18(21)8-2)11-9-10-14(3)22-19-13-12-17(20(5)6)15(4)23-19/h14-17,19H,7-13H2,1-6H3/t14-,15?,16+,17?,19?/m1/s1. The molecule has 1 rings (SSSR count). The fourth-order valence-electron chi connectivity index (χ4n) is 3.29. The van der Waals surface area contributed by atoms with Crippen molar-refractivity contribution >= 4 is 5.97 Å². The number of ether oxygens (including phenoxy) is 3. The van der Waals surface area contributed by atoms with Crippen molar-refractivity contribution in [2.45, 2.75) is 103 Å². The zero-order valence-corrected chi connectivity index (χ0v) is 16.4. The molecule has 0 N–H and O–H groups in total. The first kappa shape index (κ1) is 21.4. The lowest BCUT2D eigenvalue weighted by Gasteiger charge is -2.38. The van der Waals surface area contributed by atoms with Gasteiger partial charge in [0.2, 0.25) is 0 Å². The van der Waals surface area contributed by atoms with E-state index in [-0.39, 0.29) is 30.6 Å². The van der Waals surface area contributed by atoms with E-state index < -0.39 is 0 Å². The molecular formula is C19H37NO4. The van der Waals surface area contributed by atoms with Gasteiger partial charge in [-0.2, -0.15) is 0 Å². The Kier molecular flexibility index (Phi) is 9.86. The van der Waals surface area contributed by atoms with E-state index in [2.05, 4.69) is 39.8 Å². The van der Waals surface area contributed by atoms with Crippen molar-refractivity contribution in [3.63, 3.8) is 0 Å². The highest BCUT2D eigenvalue weighted by Crippen LogP contribution is 2.25. The molecule has 1 heterocycles. The van der Waals surface area contributed by atoms with Crippen molar-refractivity contribution in [2.75, 3.05) is 14.1 Å². The average molecular weight is 344 g/mol. The van der Waals surface area contributed by atoms with E-state index in [1.165, 1.54) is 0 Å². The van der Waals surface area contributed by atoms with E-state index in [0.717, 1.165) is 38.5 Å². The Labute approximate surface area is 148 Å². The van der Waals surface area contributed by atoms with Crippen molar-refractivity contribution < 1.29 is 19.0 Å². The summed E-state index contributed by atoms with van der Waals surface area (Å²) in [7, 11) is 4.20. The number of hydrogen-bond acceptors (Lipinski definition) is 5. The monoisotopic (exact) mass is 343 g/mol. The molecule has 0 aromatic rings. The maximum absolute atomic E-state index is 11.4. The van der Waals surface area contributed by atoms with Gasteiger partial charge in [-0.1, -0.05) is 13.8 Å². The van der Waals surface area contributed by atoms with Gasteiger partial charge in [0.15, 0.2) is 6.29 Å². The number of nitrogens with zero attached hydrogens (tertiary/aromatic N) is 1. The maximum Gasteiger partial charge on any atom is 0.305 e. The molecule has 0 bridgehead atoms. The SMILES string of the molecule is CCC(=O)O[C@@H](CC)CCC[C@@H](C)OC1CCC(N(C)C)C(C)O1. The van der Waals surface area contributed by atoms with Gasteiger partial charge in [0, 0.05) is 12.5 Å². The highest BCUT2D eigenvalue weighted by atomic mass is 16.7. The Bertz CT molecular complexity index is 361. The summed E-state index contributed by atoms with van der Waals surface area (Å²) in [6.45, 7) is 8.12. The fraction of sp³-hybridized carbons (Fsp3) is 0.947. The molecule has 0 radical (unpaired) electrons. The maximum atomic E-state index is 11.4. The van der Waals surface area contributed by atoms with Crippen molar-refractivity contribution in [3.8, 4) is 0 Å². The second kappa shape index (κ2) is 11.1. The fourth-order valence-corrected chi connectivity index (χ4v) is 3.29. The normalized spacial score (nSPS) is 27.0. The van der Waals surface area contributed by atoms with Crippen LogP contribution in [0.5, 0.6) is 0 Å². The van der Waals surface area contributed by atoms with Crippen molar-refractivity contribution in [1.82, 2.24) is 4.90 Å². The van der Waals surface area contributed by atoms with E-state index in [9.17, 15) is 4.79 Å². The van der Waals surface area contributed by atoms with Crippen LogP contribution in [0.1, 0.15) is 72.6 Å². The molecule has 1 fully saturated rings. The first-order chi connectivity index (χ1) is 11.4. The third-order valence-corrected chi connectivity index (χ3v) is 4.83. The molecule has 0 amide bonds. The molecule has 0 aliphatic carbocycles. The Balaban J connectivity index is 2.24. The number of likely N-dealkylation sites (N-methyl/N-ethyl adjacent to an activating group) is 1. The molecule has 0 aromatic heterocycles. The minimum absolute atomic E-state index is 0.0384. The molecule has 24 heavy (non-hydrogen) atoms. The van der Waals surface area contributed by atoms with Gasteiger partial charge in [-0.3, -0.25) is 4.79 Å². The topological polar surface area (TPSA) is 48.0 Å². The second-order valence-electron chi connectivity index (χ2n) is 7.13. The van der Waals surface area contributed by atoms with Gasteiger partial charge in [-0.25, -0.2) is 0 Å². The van der Waals surface area contributed by atoms with Gasteiger partial charge in [0.25, 0.3) is 0 Å². The first-order valence-corrected chi connectivity index (χ1v) is 9.54. The highest BCUT2D eigenvalue weighted by molar-refractivity contribution is 5.69. The summed E-state index contributed by atoms with van der Waals surface area (Å²) in [5.74, 6) is -0.105. The van der Waals surface area contributed by atoms with E-state index in [4.69, 9.17) is 14.2 Å². The molecule has 5 atom stereocenters. The van der Waals surface area contributed by atoms with E-state index >= 15 is 0 Å². The zero-order chi connectivity index (χ0) is 18.1. The summed E-state index contributed by atoms with van der Waals surface area (Å²) < 4.78 is 17.5. The minimum Gasteiger partial charge on any atom is -0.462 e. The first-order valence-electron chi connectivity index (χ1n) is 9.54. The van der Waals surface area contributed by atoms with Crippen LogP contribution < -0.4 is 0 Å². The van der Waals surface area contributed by atoms with Gasteiger partial charge in [-0.15, -0.1) is 0 Å². The van der Waals surface area contributed by atoms with Gasteiger partial charge in [0.05, 0.1) is 12.2 Å². The number of esters is 1. The van der Waals surface area contributed by atoms with Crippen LogP contribution in [0, 0.1) is 0 Å². The number of rotatable bonds is 10. The molecule has 3 unspecified atom stereocenters. The minimum atomic E-state index is -0.105. The smallest absolute Gasteiger partial charge is 0.305 e. The average Bonchev–Trinajstić information content (AvgIpc) is 2.53. The number of hydrogen-bond donors (Lipinski definition) is 0. The summed E-state index contributed by atoms with van der Waals surface area (Å²) in [5, 5.41) is 0. The van der Waals surface area contributed by atoms with Crippen molar-refractivity contribution in [3.05, 3.63) is 0 Å². The van der Waals surface area contributed by atoms with Gasteiger partial charge < -0.3 is 19.1 Å². The van der Waals surface area contributed by atoms with E-state index in [0.29, 0.717) is 12.5 Å². The van der Waals surface area contributed by atoms with Crippen molar-refractivity contribution in [1.29, 1.82) is 0 Å². The zero-order valence-electron chi connectivity index (χ0n) is 16.4. The van der Waals surface area contributed by atoms with Crippen LogP contribution in [0.25, 0.3) is 0 Å². The molecule has 0 aromatic carbocycles. The lowest BCUT2D eigenvalue weighted by Crippen LogP contribution is -2.46. The Hall–Kier alpha value is -0.650. The third-order valence-electron chi connectivity index (χ3n) is 4.83. The van der Waals surface area contributed by atoms with E-state index in [1.807, 2.05) is 6.92 Å². The van der Waals surface area contributed by atoms with Crippen LogP contribution in [0.15, 0.2) is 0 Å². The summed E-state index contributed by atoms with van der Waals surface area (Å²) in [6, 6.07) is 0.471. The van der Waals surface area contributed by atoms with Crippen LogP contribution in [-0.2, 0) is 19.0 Å².